The lowest BCUT2D eigenvalue weighted by Crippen LogP contribution is -2.36. The van der Waals surface area contributed by atoms with Crippen LogP contribution in [-0.2, 0) is 17.1 Å². The van der Waals surface area contributed by atoms with Crippen molar-refractivity contribution in [1.82, 2.24) is 14.1 Å². The summed E-state index contributed by atoms with van der Waals surface area (Å²) in [7, 11) is -1.78. The smallest absolute Gasteiger partial charge is 0.293 e. The van der Waals surface area contributed by atoms with Gasteiger partial charge in [0.05, 0.1) is 9.82 Å². The number of nitro groups is 1. The molecule has 0 bridgehead atoms. The number of piperidine rings is 2. The second-order valence-corrected chi connectivity index (χ2v) is 9.95. The van der Waals surface area contributed by atoms with Crippen LogP contribution < -0.4 is 4.90 Å². The lowest BCUT2D eigenvalue weighted by Gasteiger charge is -2.33. The van der Waals surface area contributed by atoms with Gasteiger partial charge >= 0.3 is 0 Å². The molecule has 4 rings (SSSR count). The quantitative estimate of drug-likeness (QED) is 0.531. The Balaban J connectivity index is 1.56. The number of rotatable bonds is 5. The molecule has 10 heteroatoms. The minimum atomic E-state index is -3.71. The third kappa shape index (κ3) is 3.93. The molecule has 0 atom stereocenters. The number of nitrogens with zero attached hydrogens (tertiary/aromatic N) is 5. The first-order chi connectivity index (χ1) is 14.4. The number of anilines is 1. The molecular weight excluding hydrogens is 406 g/mol. The van der Waals surface area contributed by atoms with Gasteiger partial charge in [0.15, 0.2) is 0 Å². The van der Waals surface area contributed by atoms with E-state index in [1.807, 2.05) is 22.7 Å². The molecule has 0 unspecified atom stereocenters. The predicted octanol–water partition coefficient (Wildman–Crippen LogP) is 2.89. The second kappa shape index (κ2) is 8.35. The highest BCUT2D eigenvalue weighted by molar-refractivity contribution is 7.89. The van der Waals surface area contributed by atoms with Crippen molar-refractivity contribution >= 4 is 21.4 Å². The monoisotopic (exact) mass is 433 g/mol. The number of hydrogen-bond donors (Lipinski definition) is 0. The van der Waals surface area contributed by atoms with Crippen LogP contribution in [0, 0.1) is 10.1 Å². The Labute approximate surface area is 176 Å². The zero-order valence-electron chi connectivity index (χ0n) is 17.1. The third-order valence-corrected chi connectivity index (χ3v) is 8.10. The fourth-order valence-corrected chi connectivity index (χ4v) is 6.07. The van der Waals surface area contributed by atoms with Gasteiger partial charge in [-0.1, -0.05) is 6.42 Å². The van der Waals surface area contributed by atoms with Crippen LogP contribution in [0.25, 0.3) is 0 Å². The lowest BCUT2D eigenvalue weighted by molar-refractivity contribution is -0.384. The highest BCUT2D eigenvalue weighted by atomic mass is 32.2. The summed E-state index contributed by atoms with van der Waals surface area (Å²) in [6, 6.07) is 6.36. The fraction of sp³-hybridized carbons (Fsp3) is 0.550. The van der Waals surface area contributed by atoms with Gasteiger partial charge < -0.3 is 4.90 Å². The summed E-state index contributed by atoms with van der Waals surface area (Å²) >= 11 is 0. The molecule has 0 saturated carbocycles. The first-order valence-electron chi connectivity index (χ1n) is 10.4. The molecule has 2 saturated heterocycles. The number of benzene rings is 1. The molecule has 0 N–H and O–H groups in total. The summed E-state index contributed by atoms with van der Waals surface area (Å²) in [5.41, 5.74) is 1.51. The van der Waals surface area contributed by atoms with E-state index in [-0.39, 0.29) is 10.6 Å². The largest absolute Gasteiger partial charge is 0.366 e. The maximum Gasteiger partial charge on any atom is 0.293 e. The maximum atomic E-state index is 12.9. The van der Waals surface area contributed by atoms with E-state index in [1.165, 1.54) is 22.1 Å². The van der Waals surface area contributed by atoms with Crippen molar-refractivity contribution in [3.63, 3.8) is 0 Å². The normalized spacial score (nSPS) is 19.2. The Morgan fingerprint density at radius 2 is 1.77 bits per heavy atom. The standard InChI is InChI=1S/C20H27N5O4S/c1-22-18(7-10-21-22)16-8-13-23(14-9-16)19-6-5-17(15-20(19)25(26)27)30(28,29)24-11-3-2-4-12-24/h5-7,10,15-16H,2-4,8-9,11-14H2,1H3. The van der Waals surface area contributed by atoms with Gasteiger partial charge in [-0.15, -0.1) is 0 Å². The topological polar surface area (TPSA) is 102 Å². The molecule has 2 fully saturated rings. The van der Waals surface area contributed by atoms with Crippen LogP contribution in [0.4, 0.5) is 11.4 Å². The Hall–Kier alpha value is -2.46. The predicted molar refractivity (Wildman–Crippen MR) is 113 cm³/mol. The minimum Gasteiger partial charge on any atom is -0.366 e. The molecule has 2 aliphatic heterocycles. The number of sulfonamides is 1. The Bertz CT molecular complexity index is 1020. The molecule has 0 aliphatic carbocycles. The van der Waals surface area contributed by atoms with Gasteiger partial charge in [-0.2, -0.15) is 9.40 Å². The summed E-state index contributed by atoms with van der Waals surface area (Å²) in [6.07, 6.45) is 6.18. The van der Waals surface area contributed by atoms with Gasteiger partial charge in [0.2, 0.25) is 10.0 Å². The molecule has 0 spiro atoms. The van der Waals surface area contributed by atoms with Gasteiger partial charge in [-0.3, -0.25) is 14.8 Å². The Morgan fingerprint density at radius 1 is 1.07 bits per heavy atom. The fourth-order valence-electron chi connectivity index (χ4n) is 4.53. The van der Waals surface area contributed by atoms with Crippen LogP contribution in [0.3, 0.4) is 0 Å². The zero-order valence-corrected chi connectivity index (χ0v) is 17.9. The molecule has 30 heavy (non-hydrogen) atoms. The van der Waals surface area contributed by atoms with Crippen molar-refractivity contribution in [2.24, 2.45) is 7.05 Å². The van der Waals surface area contributed by atoms with E-state index >= 15 is 0 Å². The summed E-state index contributed by atoms with van der Waals surface area (Å²) < 4.78 is 29.2. The van der Waals surface area contributed by atoms with E-state index in [9.17, 15) is 18.5 Å². The SMILES string of the molecule is Cn1nccc1C1CCN(c2ccc(S(=O)(=O)N3CCCCC3)cc2[N+](=O)[O-])CC1. The van der Waals surface area contributed by atoms with Gasteiger partial charge in [0, 0.05) is 57.1 Å². The Kier molecular flexibility index (Phi) is 5.79. The summed E-state index contributed by atoms with van der Waals surface area (Å²) in [5.74, 6) is 0.367. The molecule has 0 radical (unpaired) electrons. The average molecular weight is 434 g/mol. The van der Waals surface area contributed by atoms with E-state index in [4.69, 9.17) is 0 Å². The van der Waals surface area contributed by atoms with Gasteiger partial charge in [-0.05, 0) is 43.9 Å². The number of aryl methyl sites for hydroxylation is 1. The zero-order chi connectivity index (χ0) is 21.3. The lowest BCUT2D eigenvalue weighted by atomic mass is 9.93. The molecule has 0 amide bonds. The first kappa shape index (κ1) is 20.8. The van der Waals surface area contributed by atoms with E-state index in [0.29, 0.717) is 37.8 Å². The van der Waals surface area contributed by atoms with Crippen molar-refractivity contribution in [1.29, 1.82) is 0 Å². The molecule has 2 aromatic rings. The molecule has 1 aromatic carbocycles. The first-order valence-corrected chi connectivity index (χ1v) is 11.8. The average Bonchev–Trinajstić information content (AvgIpc) is 3.20. The highest BCUT2D eigenvalue weighted by Gasteiger charge is 2.31. The van der Waals surface area contributed by atoms with Crippen molar-refractivity contribution in [2.45, 2.75) is 42.9 Å². The molecular formula is C20H27N5O4S. The van der Waals surface area contributed by atoms with Crippen LogP contribution in [-0.4, -0.2) is 53.6 Å². The van der Waals surface area contributed by atoms with E-state index < -0.39 is 14.9 Å². The van der Waals surface area contributed by atoms with Crippen molar-refractivity contribution in [2.75, 3.05) is 31.1 Å². The van der Waals surface area contributed by atoms with Gasteiger partial charge in [-0.25, -0.2) is 8.42 Å². The number of aromatic nitrogens is 2. The summed E-state index contributed by atoms with van der Waals surface area (Å²) in [6.45, 7) is 2.29. The molecule has 2 aliphatic rings. The molecule has 3 heterocycles. The number of hydrogen-bond acceptors (Lipinski definition) is 6. The van der Waals surface area contributed by atoms with E-state index in [0.717, 1.165) is 32.1 Å². The van der Waals surface area contributed by atoms with Crippen LogP contribution in [0.5, 0.6) is 0 Å². The van der Waals surface area contributed by atoms with Crippen molar-refractivity contribution < 1.29 is 13.3 Å². The van der Waals surface area contributed by atoms with Crippen LogP contribution in [0.2, 0.25) is 0 Å². The third-order valence-electron chi connectivity index (χ3n) is 6.21. The molecule has 162 valence electrons. The van der Waals surface area contributed by atoms with Crippen LogP contribution >= 0.6 is 0 Å². The second-order valence-electron chi connectivity index (χ2n) is 8.01. The minimum absolute atomic E-state index is 0.00428. The van der Waals surface area contributed by atoms with E-state index in [1.54, 1.807) is 12.3 Å². The van der Waals surface area contributed by atoms with Crippen molar-refractivity contribution in [3.8, 4) is 0 Å². The maximum absolute atomic E-state index is 12.9. The van der Waals surface area contributed by atoms with Gasteiger partial charge in [0.1, 0.15) is 5.69 Å². The Morgan fingerprint density at radius 3 is 2.37 bits per heavy atom. The van der Waals surface area contributed by atoms with E-state index in [2.05, 4.69) is 5.10 Å². The molecule has 1 aromatic heterocycles. The number of nitro benzene ring substituents is 1. The van der Waals surface area contributed by atoms with Crippen molar-refractivity contribution in [3.05, 3.63) is 46.3 Å². The summed E-state index contributed by atoms with van der Waals surface area (Å²) in [4.78, 5) is 13.3. The van der Waals surface area contributed by atoms with Crippen LogP contribution in [0.15, 0.2) is 35.4 Å². The van der Waals surface area contributed by atoms with Crippen LogP contribution in [0.1, 0.15) is 43.7 Å². The van der Waals surface area contributed by atoms with Gasteiger partial charge in [0.25, 0.3) is 5.69 Å². The summed E-state index contributed by atoms with van der Waals surface area (Å²) in [5, 5.41) is 16.0. The highest BCUT2D eigenvalue weighted by Crippen LogP contribution is 2.36. The molecule has 9 nitrogen and oxygen atoms in total.